The molecule has 7 rings (SSSR count). The highest BCUT2D eigenvalue weighted by molar-refractivity contribution is 6.31. The van der Waals surface area contributed by atoms with E-state index in [0.29, 0.717) is 17.4 Å². The summed E-state index contributed by atoms with van der Waals surface area (Å²) in [7, 11) is 0. The third kappa shape index (κ3) is 7.03. The summed E-state index contributed by atoms with van der Waals surface area (Å²) < 4.78 is 11.2. The number of likely N-dealkylation sites (tertiary alicyclic amines) is 1. The van der Waals surface area contributed by atoms with E-state index in [1.54, 1.807) is 4.90 Å². The van der Waals surface area contributed by atoms with Crippen LogP contribution < -0.4 is 5.32 Å². The number of H-pyrrole nitrogens is 2. The lowest BCUT2D eigenvalue weighted by Gasteiger charge is -2.27. The molecule has 1 saturated carbocycles. The summed E-state index contributed by atoms with van der Waals surface area (Å²) in [4.78, 5) is 43.9. The summed E-state index contributed by atoms with van der Waals surface area (Å²) in [6, 6.07) is 18.6. The molecule has 262 valence electrons. The summed E-state index contributed by atoms with van der Waals surface area (Å²) >= 11 is 6.70. The molecule has 1 aliphatic carbocycles. The number of halogens is 1. The topological polar surface area (TPSA) is 125 Å². The molecule has 50 heavy (non-hydrogen) atoms. The smallest absolute Gasteiger partial charge is 0.410 e. The maximum Gasteiger partial charge on any atom is 0.410 e. The minimum atomic E-state index is -0.558. The highest BCUT2D eigenvalue weighted by atomic mass is 35.5. The molecule has 2 aromatic heterocycles. The van der Waals surface area contributed by atoms with Gasteiger partial charge in [0.05, 0.1) is 17.1 Å². The lowest BCUT2D eigenvalue weighted by molar-refractivity contribution is 0.0218. The van der Waals surface area contributed by atoms with E-state index in [9.17, 15) is 9.59 Å². The lowest BCUT2D eigenvalue weighted by Crippen LogP contribution is -2.40. The number of aromatic nitrogens is 4. The van der Waals surface area contributed by atoms with E-state index in [1.807, 2.05) is 53.7 Å². The number of aromatic amines is 2. The van der Waals surface area contributed by atoms with Crippen LogP contribution in [0.5, 0.6) is 0 Å². The first kappa shape index (κ1) is 33.9. The summed E-state index contributed by atoms with van der Waals surface area (Å²) in [6.45, 7) is 11.9. The molecular weight excluding hydrogens is 652 g/mol. The van der Waals surface area contributed by atoms with Crippen LogP contribution in [0.2, 0.25) is 5.15 Å². The number of benzene rings is 3. The SMILES string of the molecule is CC(C)(C)OC(=O)N[C@H]1CCC[C@H]1c1nc(-c2ccc(-c3ccc4c(ccc5[nH]c([C@@H]6CCCN6C(=O)OC(C)(C)C)nc54)c3)cc2)c(Cl)[nH]1. The van der Waals surface area contributed by atoms with Crippen molar-refractivity contribution in [2.75, 3.05) is 6.54 Å². The number of imidazole rings is 2. The van der Waals surface area contributed by atoms with Gasteiger partial charge in [0.2, 0.25) is 0 Å². The van der Waals surface area contributed by atoms with Crippen LogP contribution in [0.1, 0.15) is 97.3 Å². The summed E-state index contributed by atoms with van der Waals surface area (Å²) in [5.41, 5.74) is 4.49. The normalized spacial score (nSPS) is 19.7. The molecule has 3 N–H and O–H groups in total. The first-order valence-corrected chi connectivity index (χ1v) is 17.9. The Bertz CT molecular complexity index is 2060. The molecule has 3 heterocycles. The van der Waals surface area contributed by atoms with Gasteiger partial charge in [0.25, 0.3) is 0 Å². The third-order valence-electron chi connectivity index (χ3n) is 9.42. The van der Waals surface area contributed by atoms with Gasteiger partial charge in [0, 0.05) is 29.5 Å². The second-order valence-electron chi connectivity index (χ2n) is 15.5. The zero-order valence-corrected chi connectivity index (χ0v) is 30.3. The Morgan fingerprint density at radius 1 is 0.820 bits per heavy atom. The number of fused-ring (bicyclic) bond motifs is 3. The summed E-state index contributed by atoms with van der Waals surface area (Å²) in [6.07, 6.45) is 3.79. The lowest BCUT2D eigenvalue weighted by atomic mass is 9.99. The minimum absolute atomic E-state index is 0.0322. The molecule has 5 aromatic rings. The molecule has 0 unspecified atom stereocenters. The van der Waals surface area contributed by atoms with E-state index in [-0.39, 0.29) is 24.1 Å². The highest BCUT2D eigenvalue weighted by Crippen LogP contribution is 2.38. The number of ether oxygens (including phenoxy) is 2. The van der Waals surface area contributed by atoms with Crippen LogP contribution in [0.3, 0.4) is 0 Å². The molecule has 0 spiro atoms. The molecule has 3 aromatic carbocycles. The van der Waals surface area contributed by atoms with E-state index in [1.165, 1.54) is 0 Å². The second kappa shape index (κ2) is 13.0. The van der Waals surface area contributed by atoms with Crippen molar-refractivity contribution >= 4 is 45.6 Å². The van der Waals surface area contributed by atoms with Crippen molar-refractivity contribution in [3.63, 3.8) is 0 Å². The van der Waals surface area contributed by atoms with Gasteiger partial charge in [-0.3, -0.25) is 4.90 Å². The minimum Gasteiger partial charge on any atom is -0.444 e. The van der Waals surface area contributed by atoms with Crippen molar-refractivity contribution in [1.82, 2.24) is 30.2 Å². The Hall–Kier alpha value is -4.57. The zero-order chi connectivity index (χ0) is 35.4. The molecule has 2 aliphatic rings. The molecule has 11 heteroatoms. The van der Waals surface area contributed by atoms with Gasteiger partial charge in [-0.1, -0.05) is 60.5 Å². The van der Waals surface area contributed by atoms with Gasteiger partial charge in [-0.15, -0.1) is 0 Å². The number of hydrogen-bond donors (Lipinski definition) is 3. The van der Waals surface area contributed by atoms with E-state index in [2.05, 4.69) is 57.7 Å². The molecule has 1 saturated heterocycles. The zero-order valence-electron chi connectivity index (χ0n) is 29.5. The van der Waals surface area contributed by atoms with Gasteiger partial charge in [-0.25, -0.2) is 19.6 Å². The third-order valence-corrected chi connectivity index (χ3v) is 9.70. The standard InChI is InChI=1S/C39H45ClN6O4/c1-38(2,3)49-36(47)42-28-10-7-9-27(28)34-43-31(33(40)45-34)23-14-12-22(13-15-23)24-16-18-26-25(21-24)17-19-29-32(26)44-35(41-29)30-11-8-20-46(30)37(48)50-39(4,5)6/h12-19,21,27-28,30H,7-11,20H2,1-6H3,(H,41,44)(H,42,47)(H,43,45)/t27-,28+,30+/m1/s1. The number of carbonyl (C=O) groups excluding carboxylic acids is 2. The largest absolute Gasteiger partial charge is 0.444 e. The fourth-order valence-corrected chi connectivity index (χ4v) is 7.47. The molecule has 3 atom stereocenters. The fourth-order valence-electron chi connectivity index (χ4n) is 7.22. The number of nitrogens with one attached hydrogen (secondary N) is 3. The Kier molecular flexibility index (Phi) is 8.78. The Balaban J connectivity index is 1.09. The highest BCUT2D eigenvalue weighted by Gasteiger charge is 2.36. The van der Waals surface area contributed by atoms with Gasteiger partial charge >= 0.3 is 12.2 Å². The van der Waals surface area contributed by atoms with Crippen molar-refractivity contribution in [3.8, 4) is 22.4 Å². The van der Waals surface area contributed by atoms with E-state index in [4.69, 9.17) is 31.0 Å². The first-order valence-electron chi connectivity index (χ1n) is 17.5. The fraction of sp³-hybridized carbons (Fsp3) is 0.436. The number of carbonyl (C=O) groups is 2. The number of alkyl carbamates (subject to hydrolysis) is 1. The molecule has 1 aliphatic heterocycles. The van der Waals surface area contributed by atoms with Gasteiger partial charge in [0.15, 0.2) is 0 Å². The average Bonchev–Trinajstić information content (AvgIpc) is 3.85. The van der Waals surface area contributed by atoms with Gasteiger partial charge in [-0.2, -0.15) is 0 Å². The van der Waals surface area contributed by atoms with Crippen molar-refractivity contribution < 1.29 is 19.1 Å². The van der Waals surface area contributed by atoms with Crippen molar-refractivity contribution in [1.29, 1.82) is 0 Å². The molecule has 2 amide bonds. The van der Waals surface area contributed by atoms with Crippen LogP contribution in [0, 0.1) is 0 Å². The van der Waals surface area contributed by atoms with E-state index < -0.39 is 17.3 Å². The van der Waals surface area contributed by atoms with Crippen LogP contribution >= 0.6 is 11.6 Å². The second-order valence-corrected chi connectivity index (χ2v) is 15.9. The Labute approximate surface area is 297 Å². The average molecular weight is 697 g/mol. The number of rotatable bonds is 5. The molecule has 0 radical (unpaired) electrons. The first-order chi connectivity index (χ1) is 23.7. The Morgan fingerprint density at radius 2 is 1.54 bits per heavy atom. The van der Waals surface area contributed by atoms with Crippen molar-refractivity contribution in [2.24, 2.45) is 0 Å². The van der Waals surface area contributed by atoms with Gasteiger partial charge in [-0.05, 0) is 95.9 Å². The van der Waals surface area contributed by atoms with Crippen LogP contribution in [0.15, 0.2) is 54.6 Å². The van der Waals surface area contributed by atoms with Crippen LogP contribution in [-0.2, 0) is 9.47 Å². The van der Waals surface area contributed by atoms with Crippen LogP contribution in [-0.4, -0.2) is 60.8 Å². The predicted molar refractivity (Wildman–Crippen MR) is 196 cm³/mol. The number of nitrogens with zero attached hydrogens (tertiary/aromatic N) is 3. The molecule has 10 nitrogen and oxygen atoms in total. The monoisotopic (exact) mass is 696 g/mol. The van der Waals surface area contributed by atoms with Crippen molar-refractivity contribution in [3.05, 3.63) is 71.4 Å². The van der Waals surface area contributed by atoms with Crippen LogP contribution in [0.4, 0.5) is 9.59 Å². The summed E-state index contributed by atoms with van der Waals surface area (Å²) in [5, 5.41) is 5.65. The van der Waals surface area contributed by atoms with E-state index >= 15 is 0 Å². The molecule has 0 bridgehead atoms. The van der Waals surface area contributed by atoms with Crippen LogP contribution in [0.25, 0.3) is 44.2 Å². The summed E-state index contributed by atoms with van der Waals surface area (Å²) in [5.74, 6) is 1.60. The molecule has 2 fully saturated rings. The number of hydrogen-bond acceptors (Lipinski definition) is 6. The van der Waals surface area contributed by atoms with E-state index in [0.717, 1.165) is 82.2 Å². The quantitative estimate of drug-likeness (QED) is 0.168. The molecular formula is C39H45ClN6O4. The van der Waals surface area contributed by atoms with Gasteiger partial charge in [0.1, 0.15) is 33.7 Å². The van der Waals surface area contributed by atoms with Crippen molar-refractivity contribution in [2.45, 2.75) is 103 Å². The maximum absolute atomic E-state index is 12.9. The number of amides is 2. The predicted octanol–water partition coefficient (Wildman–Crippen LogP) is 9.66. The maximum atomic E-state index is 12.9. The van der Waals surface area contributed by atoms with Gasteiger partial charge < -0.3 is 24.8 Å². The Morgan fingerprint density at radius 3 is 2.28 bits per heavy atom.